The number of H-pyrrole nitrogens is 1. The van der Waals surface area contributed by atoms with Gasteiger partial charge in [0.15, 0.2) is 5.58 Å². The molecule has 1 amide bonds. The van der Waals surface area contributed by atoms with Crippen molar-refractivity contribution in [2.24, 2.45) is 0 Å². The molecule has 0 unspecified atom stereocenters. The van der Waals surface area contributed by atoms with Crippen LogP contribution in [-0.4, -0.2) is 23.0 Å². The first-order chi connectivity index (χ1) is 14.7. The maximum atomic E-state index is 12.6. The molecule has 0 atom stereocenters. The maximum Gasteiger partial charge on any atom is 0.228 e. The lowest BCUT2D eigenvalue weighted by atomic mass is 10.1. The molecule has 0 aliphatic rings. The molecule has 2 heterocycles. The van der Waals surface area contributed by atoms with Crippen molar-refractivity contribution in [2.75, 3.05) is 12.4 Å². The second-order valence-electron chi connectivity index (χ2n) is 7.01. The molecule has 2 N–H and O–H groups in total. The summed E-state index contributed by atoms with van der Waals surface area (Å²) in [5.41, 5.74) is 4.86. The highest BCUT2D eigenvalue weighted by Crippen LogP contribution is 2.28. The van der Waals surface area contributed by atoms with E-state index in [1.54, 1.807) is 13.2 Å². The van der Waals surface area contributed by atoms with Crippen LogP contribution in [0.1, 0.15) is 5.56 Å². The Morgan fingerprint density at radius 2 is 1.93 bits per heavy atom. The van der Waals surface area contributed by atoms with Crippen molar-refractivity contribution in [3.05, 3.63) is 78.5 Å². The summed E-state index contributed by atoms with van der Waals surface area (Å²) in [5.74, 6) is 1.21. The average molecular weight is 397 g/mol. The first-order valence-corrected chi connectivity index (χ1v) is 9.59. The minimum atomic E-state index is -0.0889. The van der Waals surface area contributed by atoms with Gasteiger partial charge in [0.05, 0.1) is 13.5 Å². The van der Waals surface area contributed by atoms with Crippen LogP contribution in [0.4, 0.5) is 5.69 Å². The van der Waals surface area contributed by atoms with Gasteiger partial charge in [-0.15, -0.1) is 0 Å². The fourth-order valence-corrected chi connectivity index (χ4v) is 3.52. The third kappa shape index (κ3) is 3.39. The molecule has 5 rings (SSSR count). The molecule has 6 heteroatoms. The van der Waals surface area contributed by atoms with E-state index in [4.69, 9.17) is 9.15 Å². The molecule has 0 radical (unpaired) electrons. The molecule has 30 heavy (non-hydrogen) atoms. The Morgan fingerprint density at radius 1 is 1.10 bits per heavy atom. The lowest BCUT2D eigenvalue weighted by molar-refractivity contribution is -0.115. The van der Waals surface area contributed by atoms with Gasteiger partial charge in [0, 0.05) is 34.4 Å². The third-order valence-corrected chi connectivity index (χ3v) is 5.04. The van der Waals surface area contributed by atoms with Gasteiger partial charge in [0.1, 0.15) is 11.3 Å². The predicted octanol–water partition coefficient (Wildman–Crippen LogP) is 5.17. The van der Waals surface area contributed by atoms with Crippen molar-refractivity contribution in [3.8, 4) is 17.2 Å². The fraction of sp³-hybridized carbons (Fsp3) is 0.0833. The zero-order valence-electron chi connectivity index (χ0n) is 16.3. The van der Waals surface area contributed by atoms with E-state index in [-0.39, 0.29) is 12.3 Å². The van der Waals surface area contributed by atoms with E-state index in [1.165, 1.54) is 0 Å². The van der Waals surface area contributed by atoms with Crippen LogP contribution in [0.5, 0.6) is 5.75 Å². The highest BCUT2D eigenvalue weighted by Gasteiger charge is 2.12. The predicted molar refractivity (Wildman–Crippen MR) is 117 cm³/mol. The number of aromatic amines is 1. The summed E-state index contributed by atoms with van der Waals surface area (Å²) in [7, 11) is 1.63. The van der Waals surface area contributed by atoms with Gasteiger partial charge in [-0.05, 0) is 48.0 Å². The SMILES string of the molecule is COc1ccc(-c2nc3ccc(NC(=O)Cc4c[nH]c5ccccc45)cc3o2)cc1. The van der Waals surface area contributed by atoms with Crippen LogP contribution >= 0.6 is 0 Å². The summed E-state index contributed by atoms with van der Waals surface area (Å²) < 4.78 is 11.1. The van der Waals surface area contributed by atoms with Crippen LogP contribution in [0.2, 0.25) is 0 Å². The molecule has 148 valence electrons. The van der Waals surface area contributed by atoms with Crippen LogP contribution in [0.3, 0.4) is 0 Å². The number of hydrogen-bond acceptors (Lipinski definition) is 4. The summed E-state index contributed by atoms with van der Waals surface area (Å²) in [4.78, 5) is 20.3. The molecule has 3 aromatic carbocycles. The largest absolute Gasteiger partial charge is 0.497 e. The number of ether oxygens (including phenoxy) is 1. The number of hydrogen-bond donors (Lipinski definition) is 2. The smallest absolute Gasteiger partial charge is 0.228 e. The summed E-state index contributed by atoms with van der Waals surface area (Å²) >= 11 is 0. The van der Waals surface area contributed by atoms with Gasteiger partial charge in [-0.25, -0.2) is 4.98 Å². The molecule has 0 aliphatic heterocycles. The highest BCUT2D eigenvalue weighted by atomic mass is 16.5. The monoisotopic (exact) mass is 397 g/mol. The standard InChI is InChI=1S/C24H19N3O3/c1-29-18-9-6-15(7-10-18)24-27-21-11-8-17(13-22(21)30-24)26-23(28)12-16-14-25-20-5-3-2-4-19(16)20/h2-11,13-14,25H,12H2,1H3,(H,26,28). The Kier molecular flexibility index (Phi) is 4.44. The van der Waals surface area contributed by atoms with E-state index in [2.05, 4.69) is 15.3 Å². The Morgan fingerprint density at radius 3 is 2.77 bits per heavy atom. The molecule has 0 fully saturated rings. The highest BCUT2D eigenvalue weighted by molar-refractivity contribution is 5.97. The van der Waals surface area contributed by atoms with Crippen LogP contribution in [-0.2, 0) is 11.2 Å². The Hall–Kier alpha value is -4.06. The van der Waals surface area contributed by atoms with Gasteiger partial charge < -0.3 is 19.5 Å². The molecular formula is C24H19N3O3. The summed E-state index contributed by atoms with van der Waals surface area (Å²) in [6, 6.07) is 20.9. The number of carbonyl (C=O) groups excluding carboxylic acids is 1. The van der Waals surface area contributed by atoms with Crippen molar-refractivity contribution in [2.45, 2.75) is 6.42 Å². The Balaban J connectivity index is 1.35. The normalized spacial score (nSPS) is 11.1. The van der Waals surface area contributed by atoms with Crippen molar-refractivity contribution < 1.29 is 13.9 Å². The first kappa shape index (κ1) is 18.0. The van der Waals surface area contributed by atoms with Crippen LogP contribution in [0.25, 0.3) is 33.5 Å². The Bertz CT molecular complexity index is 1350. The van der Waals surface area contributed by atoms with Crippen molar-refractivity contribution in [1.82, 2.24) is 9.97 Å². The number of anilines is 1. The van der Waals surface area contributed by atoms with Gasteiger partial charge in [0.25, 0.3) is 0 Å². The van der Waals surface area contributed by atoms with Gasteiger partial charge in [-0.2, -0.15) is 0 Å². The average Bonchev–Trinajstić information content (AvgIpc) is 3.38. The molecule has 0 aliphatic carbocycles. The van der Waals surface area contributed by atoms with Gasteiger partial charge >= 0.3 is 0 Å². The van der Waals surface area contributed by atoms with Crippen molar-refractivity contribution in [3.63, 3.8) is 0 Å². The van der Waals surface area contributed by atoms with E-state index < -0.39 is 0 Å². The molecule has 6 nitrogen and oxygen atoms in total. The fourth-order valence-electron chi connectivity index (χ4n) is 3.52. The lowest BCUT2D eigenvalue weighted by Crippen LogP contribution is -2.14. The number of rotatable bonds is 5. The van der Waals surface area contributed by atoms with E-state index in [0.717, 1.165) is 33.3 Å². The molecule has 0 spiro atoms. The quantitative estimate of drug-likeness (QED) is 0.429. The topological polar surface area (TPSA) is 80.1 Å². The third-order valence-electron chi connectivity index (χ3n) is 5.04. The van der Waals surface area contributed by atoms with E-state index in [9.17, 15) is 4.79 Å². The minimum Gasteiger partial charge on any atom is -0.497 e. The minimum absolute atomic E-state index is 0.0889. The second-order valence-corrected chi connectivity index (χ2v) is 7.01. The first-order valence-electron chi connectivity index (χ1n) is 9.59. The van der Waals surface area contributed by atoms with E-state index in [1.807, 2.05) is 66.9 Å². The molecule has 5 aromatic rings. The molecular weight excluding hydrogens is 378 g/mol. The van der Waals surface area contributed by atoms with Gasteiger partial charge in [-0.1, -0.05) is 18.2 Å². The van der Waals surface area contributed by atoms with Gasteiger partial charge in [-0.3, -0.25) is 4.79 Å². The number of amides is 1. The van der Waals surface area contributed by atoms with Gasteiger partial charge in [0.2, 0.25) is 11.8 Å². The zero-order valence-corrected chi connectivity index (χ0v) is 16.3. The summed E-state index contributed by atoms with van der Waals surface area (Å²) in [5, 5.41) is 4.00. The number of nitrogens with zero attached hydrogens (tertiary/aromatic N) is 1. The number of para-hydroxylation sites is 1. The molecule has 0 saturated heterocycles. The van der Waals surface area contributed by atoms with Crippen LogP contribution in [0, 0.1) is 0 Å². The van der Waals surface area contributed by atoms with Crippen molar-refractivity contribution in [1.29, 1.82) is 0 Å². The lowest BCUT2D eigenvalue weighted by Gasteiger charge is -2.04. The van der Waals surface area contributed by atoms with E-state index in [0.29, 0.717) is 17.2 Å². The molecule has 0 bridgehead atoms. The van der Waals surface area contributed by atoms with Crippen LogP contribution in [0.15, 0.2) is 77.3 Å². The molecule has 0 saturated carbocycles. The Labute approximate surface area is 172 Å². The number of nitrogens with one attached hydrogen (secondary N) is 2. The number of benzene rings is 3. The maximum absolute atomic E-state index is 12.6. The number of methoxy groups -OCH3 is 1. The van der Waals surface area contributed by atoms with E-state index >= 15 is 0 Å². The number of carbonyl (C=O) groups is 1. The molecule has 2 aromatic heterocycles. The number of oxazole rings is 1. The summed E-state index contributed by atoms with van der Waals surface area (Å²) in [6.07, 6.45) is 2.17. The zero-order chi connectivity index (χ0) is 20.5. The van der Waals surface area contributed by atoms with Crippen molar-refractivity contribution >= 4 is 33.6 Å². The number of aromatic nitrogens is 2. The number of fused-ring (bicyclic) bond motifs is 2. The van der Waals surface area contributed by atoms with Crippen LogP contribution < -0.4 is 10.1 Å². The summed E-state index contributed by atoms with van der Waals surface area (Å²) in [6.45, 7) is 0. The second kappa shape index (κ2) is 7.40.